The molecule has 1 atom stereocenters. The number of carbonyl (C=O) groups excluding carboxylic acids is 1. The molecule has 32 heavy (non-hydrogen) atoms. The molecule has 1 amide bonds. The summed E-state index contributed by atoms with van der Waals surface area (Å²) in [7, 11) is 0. The van der Waals surface area contributed by atoms with Crippen LogP contribution < -0.4 is 15.0 Å². The zero-order valence-corrected chi connectivity index (χ0v) is 19.3. The summed E-state index contributed by atoms with van der Waals surface area (Å²) in [5, 5.41) is 4.13. The predicted molar refractivity (Wildman–Crippen MR) is 131 cm³/mol. The number of hydrogen-bond donors (Lipinski definition) is 1. The molecule has 0 bridgehead atoms. The van der Waals surface area contributed by atoms with Crippen LogP contribution in [0.15, 0.2) is 48.5 Å². The Morgan fingerprint density at radius 3 is 2.88 bits per heavy atom. The molecule has 0 unspecified atom stereocenters. The van der Waals surface area contributed by atoms with Gasteiger partial charge in [-0.3, -0.25) is 14.7 Å². The molecule has 1 aromatic heterocycles. The average molecular weight is 453 g/mol. The number of piperazine rings is 1. The third-order valence-electron chi connectivity index (χ3n) is 6.32. The van der Waals surface area contributed by atoms with Crippen molar-refractivity contribution in [2.75, 3.05) is 43.0 Å². The first kappa shape index (κ1) is 22.4. The van der Waals surface area contributed by atoms with Crippen LogP contribution in [-0.4, -0.2) is 54.6 Å². The molecule has 2 aromatic carbocycles. The molecular formula is C25H29ClN4O2. The summed E-state index contributed by atoms with van der Waals surface area (Å²) in [6.07, 6.45) is 0.949. The van der Waals surface area contributed by atoms with Crippen molar-refractivity contribution < 1.29 is 9.53 Å². The second-order valence-electron chi connectivity index (χ2n) is 8.54. The highest BCUT2D eigenvalue weighted by atomic mass is 35.5. The van der Waals surface area contributed by atoms with E-state index in [2.05, 4.69) is 58.4 Å². The van der Waals surface area contributed by atoms with Gasteiger partial charge in [-0.2, -0.15) is 0 Å². The maximum absolute atomic E-state index is 11.6. The molecule has 6 nitrogen and oxygen atoms in total. The topological polar surface area (TPSA) is 57.7 Å². The Balaban J connectivity index is 0.00000245. The van der Waals surface area contributed by atoms with Gasteiger partial charge in [-0.15, -0.1) is 12.4 Å². The van der Waals surface area contributed by atoms with E-state index in [1.807, 2.05) is 19.1 Å². The Kier molecular flexibility index (Phi) is 6.53. The van der Waals surface area contributed by atoms with Crippen molar-refractivity contribution in [3.8, 4) is 5.75 Å². The third-order valence-corrected chi connectivity index (χ3v) is 6.32. The van der Waals surface area contributed by atoms with E-state index in [1.165, 1.54) is 16.6 Å². The molecule has 0 spiro atoms. The van der Waals surface area contributed by atoms with Crippen LogP contribution in [0.1, 0.15) is 18.2 Å². The highest BCUT2D eigenvalue weighted by Crippen LogP contribution is 2.30. The number of rotatable bonds is 4. The Morgan fingerprint density at radius 1 is 1.16 bits per heavy atom. The molecule has 0 saturated carbocycles. The van der Waals surface area contributed by atoms with Crippen molar-refractivity contribution in [2.45, 2.75) is 26.3 Å². The number of amides is 1. The van der Waals surface area contributed by atoms with Gasteiger partial charge in [0, 0.05) is 49.0 Å². The molecule has 1 N–H and O–H groups in total. The Labute approximate surface area is 195 Å². The van der Waals surface area contributed by atoms with Gasteiger partial charge in [0.1, 0.15) is 5.75 Å². The normalized spacial score (nSPS) is 18.5. The molecule has 7 heteroatoms. The number of pyridine rings is 1. The van der Waals surface area contributed by atoms with Gasteiger partial charge in [-0.25, -0.2) is 0 Å². The molecular weight excluding hydrogens is 424 g/mol. The van der Waals surface area contributed by atoms with Crippen LogP contribution in [0.5, 0.6) is 5.75 Å². The Morgan fingerprint density at radius 2 is 2.03 bits per heavy atom. The van der Waals surface area contributed by atoms with E-state index in [1.54, 1.807) is 0 Å². The number of nitrogens with one attached hydrogen (secondary N) is 1. The molecule has 5 rings (SSSR count). The lowest BCUT2D eigenvalue weighted by Gasteiger charge is -2.41. The molecule has 3 aromatic rings. The van der Waals surface area contributed by atoms with Crippen molar-refractivity contribution in [1.82, 2.24) is 9.88 Å². The zero-order chi connectivity index (χ0) is 21.4. The number of aromatic nitrogens is 1. The summed E-state index contributed by atoms with van der Waals surface area (Å²) >= 11 is 0. The first-order chi connectivity index (χ1) is 15.1. The number of ether oxygens (including phenoxy) is 1. The number of benzene rings is 2. The number of carbonyl (C=O) groups is 1. The molecule has 3 heterocycles. The van der Waals surface area contributed by atoms with E-state index >= 15 is 0 Å². The van der Waals surface area contributed by atoms with E-state index in [0.717, 1.165) is 55.2 Å². The number of fused-ring (bicyclic) bond motifs is 2. The SMILES string of the molecule is Cc1ccc2c(N3CCN(CCc4ccc5c(c4)NC(=O)CO5)[C@H](C)C3)cccc2n1.Cl. The van der Waals surface area contributed by atoms with Crippen LogP contribution >= 0.6 is 12.4 Å². The lowest BCUT2D eigenvalue weighted by Crippen LogP contribution is -2.52. The van der Waals surface area contributed by atoms with Gasteiger partial charge in [0.05, 0.1) is 11.2 Å². The minimum Gasteiger partial charge on any atom is -0.482 e. The zero-order valence-electron chi connectivity index (χ0n) is 18.5. The lowest BCUT2D eigenvalue weighted by molar-refractivity contribution is -0.118. The van der Waals surface area contributed by atoms with E-state index in [9.17, 15) is 4.79 Å². The molecule has 2 aliphatic heterocycles. The fraction of sp³-hybridized carbons (Fsp3) is 0.360. The Bertz CT molecular complexity index is 1140. The van der Waals surface area contributed by atoms with Gasteiger partial charge in [0.25, 0.3) is 5.91 Å². The third kappa shape index (κ3) is 4.52. The molecule has 1 saturated heterocycles. The minimum atomic E-state index is -0.0896. The number of anilines is 2. The van der Waals surface area contributed by atoms with Gasteiger partial charge < -0.3 is 15.0 Å². The quantitative estimate of drug-likeness (QED) is 0.647. The fourth-order valence-electron chi connectivity index (χ4n) is 4.62. The summed E-state index contributed by atoms with van der Waals surface area (Å²) < 4.78 is 5.46. The highest BCUT2D eigenvalue weighted by molar-refractivity contribution is 5.95. The molecule has 0 aliphatic carbocycles. The molecule has 1 fully saturated rings. The highest BCUT2D eigenvalue weighted by Gasteiger charge is 2.25. The van der Waals surface area contributed by atoms with Crippen molar-refractivity contribution in [1.29, 1.82) is 0 Å². The number of aryl methyl sites for hydroxylation is 1. The summed E-state index contributed by atoms with van der Waals surface area (Å²) in [4.78, 5) is 21.3. The van der Waals surface area contributed by atoms with Crippen LogP contribution in [-0.2, 0) is 11.2 Å². The number of nitrogens with zero attached hydrogens (tertiary/aromatic N) is 3. The van der Waals surface area contributed by atoms with E-state index in [4.69, 9.17) is 9.72 Å². The van der Waals surface area contributed by atoms with Gasteiger partial charge in [-0.1, -0.05) is 12.1 Å². The van der Waals surface area contributed by atoms with Crippen molar-refractivity contribution in [2.24, 2.45) is 0 Å². The second kappa shape index (κ2) is 9.35. The van der Waals surface area contributed by atoms with Gasteiger partial charge in [0.2, 0.25) is 0 Å². The lowest BCUT2D eigenvalue weighted by atomic mass is 10.1. The van der Waals surface area contributed by atoms with Crippen LogP contribution in [0, 0.1) is 6.92 Å². The minimum absolute atomic E-state index is 0. The first-order valence-corrected chi connectivity index (χ1v) is 11.0. The smallest absolute Gasteiger partial charge is 0.262 e. The van der Waals surface area contributed by atoms with Crippen LogP contribution in [0.3, 0.4) is 0 Å². The molecule has 0 radical (unpaired) electrons. The van der Waals surface area contributed by atoms with E-state index in [-0.39, 0.29) is 24.9 Å². The number of halogens is 1. The van der Waals surface area contributed by atoms with Crippen molar-refractivity contribution >= 4 is 40.6 Å². The number of hydrogen-bond acceptors (Lipinski definition) is 5. The fourth-order valence-corrected chi connectivity index (χ4v) is 4.62. The first-order valence-electron chi connectivity index (χ1n) is 11.0. The van der Waals surface area contributed by atoms with Crippen LogP contribution in [0.4, 0.5) is 11.4 Å². The summed E-state index contributed by atoms with van der Waals surface area (Å²) in [6, 6.07) is 17.3. The van der Waals surface area contributed by atoms with Crippen LogP contribution in [0.2, 0.25) is 0 Å². The van der Waals surface area contributed by atoms with Crippen molar-refractivity contribution in [3.63, 3.8) is 0 Å². The molecule has 2 aliphatic rings. The average Bonchev–Trinajstić information content (AvgIpc) is 2.77. The summed E-state index contributed by atoms with van der Waals surface area (Å²) in [5.74, 6) is 0.665. The van der Waals surface area contributed by atoms with Crippen LogP contribution in [0.25, 0.3) is 10.9 Å². The summed E-state index contributed by atoms with van der Waals surface area (Å²) in [5.41, 5.74) is 5.40. The molecule has 168 valence electrons. The van der Waals surface area contributed by atoms with Gasteiger partial charge in [-0.05, 0) is 62.2 Å². The van der Waals surface area contributed by atoms with Crippen molar-refractivity contribution in [3.05, 3.63) is 59.8 Å². The predicted octanol–water partition coefficient (Wildman–Crippen LogP) is 4.05. The summed E-state index contributed by atoms with van der Waals surface area (Å²) in [6.45, 7) is 8.48. The van der Waals surface area contributed by atoms with Gasteiger partial charge >= 0.3 is 0 Å². The van der Waals surface area contributed by atoms with E-state index in [0.29, 0.717) is 6.04 Å². The second-order valence-corrected chi connectivity index (χ2v) is 8.54. The maximum Gasteiger partial charge on any atom is 0.262 e. The van der Waals surface area contributed by atoms with E-state index < -0.39 is 0 Å². The largest absolute Gasteiger partial charge is 0.482 e. The van der Waals surface area contributed by atoms with Gasteiger partial charge in [0.15, 0.2) is 6.61 Å². The maximum atomic E-state index is 11.6. The Hall–Kier alpha value is -2.83. The monoisotopic (exact) mass is 452 g/mol. The standard InChI is InChI=1S/C25H28N4O2.ClH/c1-17-6-8-20-21(26-17)4-3-5-23(20)29-13-12-28(18(2)15-29)11-10-19-7-9-24-22(14-19)27-25(30)16-31-24;/h3-9,14,18H,10-13,15-16H2,1-2H3,(H,27,30);1H/t18-;/m1./s1.